The first-order valence-corrected chi connectivity index (χ1v) is 6.83. The summed E-state index contributed by atoms with van der Waals surface area (Å²) in [6.07, 6.45) is -0.854. The van der Waals surface area contributed by atoms with Gasteiger partial charge in [0.05, 0.1) is 19.7 Å². The van der Waals surface area contributed by atoms with Crippen LogP contribution in [0.4, 0.5) is 0 Å². The Bertz CT molecular complexity index is 495. The van der Waals surface area contributed by atoms with E-state index in [1.807, 2.05) is 5.32 Å². The van der Waals surface area contributed by atoms with Crippen molar-refractivity contribution in [2.45, 2.75) is 24.9 Å². The van der Waals surface area contributed by atoms with Gasteiger partial charge in [-0.05, 0) is 6.42 Å². The number of carboxylic acids is 2. The van der Waals surface area contributed by atoms with Crippen molar-refractivity contribution in [1.82, 2.24) is 16.0 Å². The summed E-state index contributed by atoms with van der Waals surface area (Å²) in [4.78, 5) is 55.7. The van der Waals surface area contributed by atoms with Crippen molar-refractivity contribution in [3.05, 3.63) is 0 Å². The van der Waals surface area contributed by atoms with Crippen molar-refractivity contribution in [1.29, 1.82) is 0 Å². The summed E-state index contributed by atoms with van der Waals surface area (Å²) in [6, 6.07) is -2.95. The lowest BCUT2D eigenvalue weighted by atomic mass is 10.1. The van der Waals surface area contributed by atoms with Crippen LogP contribution in [0.5, 0.6) is 0 Å². The zero-order valence-corrected chi connectivity index (χ0v) is 12.7. The highest BCUT2D eigenvalue weighted by Gasteiger charge is 2.26. The molecule has 0 spiro atoms. The number of carbonyl (C=O) groups excluding carboxylic acids is 3. The van der Waals surface area contributed by atoms with Crippen LogP contribution in [0, 0.1) is 0 Å². The van der Waals surface area contributed by atoms with Crippen molar-refractivity contribution < 1.29 is 39.3 Å². The second-order valence-electron chi connectivity index (χ2n) is 4.62. The molecular formula is C12H20N4O8. The summed E-state index contributed by atoms with van der Waals surface area (Å²) in [7, 11) is 0. The Labute approximate surface area is 136 Å². The number of carboxylic acid groups (broad SMARTS) is 2. The summed E-state index contributed by atoms with van der Waals surface area (Å²) < 4.78 is 0. The van der Waals surface area contributed by atoms with E-state index in [-0.39, 0.29) is 13.0 Å². The standard InChI is InChI=1S/C12H20N4O8/c13-3-8(18)14-4-9(19)15-7(5-17)11(22)16-6(12(23)24)1-2-10(20)21/h6-7,17H,1-5,13H2,(H,14,18)(H,15,19)(H,16,22)(H,20,21)(H,23,24). The number of amides is 3. The molecule has 2 atom stereocenters. The van der Waals surface area contributed by atoms with Gasteiger partial charge in [-0.15, -0.1) is 0 Å². The molecule has 0 aliphatic rings. The number of aliphatic hydroxyl groups excluding tert-OH is 1. The monoisotopic (exact) mass is 348 g/mol. The molecule has 0 aromatic rings. The second-order valence-corrected chi connectivity index (χ2v) is 4.62. The van der Waals surface area contributed by atoms with Crippen LogP contribution in [0.15, 0.2) is 0 Å². The maximum atomic E-state index is 11.9. The SMILES string of the molecule is NCC(=O)NCC(=O)NC(CO)C(=O)NC(CCC(=O)O)C(=O)O. The zero-order chi connectivity index (χ0) is 18.7. The fraction of sp³-hybridized carbons (Fsp3) is 0.583. The molecule has 2 unspecified atom stereocenters. The van der Waals surface area contributed by atoms with Gasteiger partial charge < -0.3 is 37.0 Å². The average Bonchev–Trinajstić information content (AvgIpc) is 2.53. The summed E-state index contributed by atoms with van der Waals surface area (Å²) in [5, 5.41) is 32.8. The third-order valence-corrected chi connectivity index (χ3v) is 2.73. The number of nitrogens with one attached hydrogen (secondary N) is 3. The molecule has 8 N–H and O–H groups in total. The van der Waals surface area contributed by atoms with Gasteiger partial charge in [-0.25, -0.2) is 4.79 Å². The van der Waals surface area contributed by atoms with Crippen LogP contribution in [-0.4, -0.2) is 76.8 Å². The fourth-order valence-electron chi connectivity index (χ4n) is 1.49. The molecule has 0 bridgehead atoms. The van der Waals surface area contributed by atoms with Crippen molar-refractivity contribution in [3.8, 4) is 0 Å². The summed E-state index contributed by atoms with van der Waals surface area (Å²) in [6.45, 7) is -1.64. The Morgan fingerprint density at radius 2 is 1.58 bits per heavy atom. The van der Waals surface area contributed by atoms with E-state index < -0.39 is 61.3 Å². The Kier molecular flexibility index (Phi) is 9.67. The number of nitrogens with two attached hydrogens (primary N) is 1. The number of carbonyl (C=O) groups is 5. The highest BCUT2D eigenvalue weighted by molar-refractivity contribution is 5.92. The van der Waals surface area contributed by atoms with E-state index in [0.29, 0.717) is 0 Å². The van der Waals surface area contributed by atoms with Crippen LogP contribution in [-0.2, 0) is 24.0 Å². The quantitative estimate of drug-likeness (QED) is 0.193. The van der Waals surface area contributed by atoms with E-state index >= 15 is 0 Å². The molecule has 0 aromatic heterocycles. The fourth-order valence-corrected chi connectivity index (χ4v) is 1.49. The van der Waals surface area contributed by atoms with E-state index in [4.69, 9.17) is 21.1 Å². The lowest BCUT2D eigenvalue weighted by Crippen LogP contribution is -2.54. The molecule has 136 valence electrons. The molecule has 0 radical (unpaired) electrons. The van der Waals surface area contributed by atoms with Gasteiger partial charge in [0.15, 0.2) is 0 Å². The third kappa shape index (κ3) is 8.65. The maximum Gasteiger partial charge on any atom is 0.326 e. The Balaban J connectivity index is 4.59. The number of aliphatic hydroxyl groups is 1. The molecule has 0 aliphatic carbocycles. The predicted octanol–water partition coefficient (Wildman–Crippen LogP) is -4.03. The number of hydrogen-bond acceptors (Lipinski definition) is 7. The molecule has 3 amide bonds. The first-order valence-electron chi connectivity index (χ1n) is 6.83. The molecule has 0 aromatic carbocycles. The summed E-state index contributed by atoms with van der Waals surface area (Å²) in [5.74, 6) is -5.10. The van der Waals surface area contributed by atoms with Gasteiger partial charge in [-0.3, -0.25) is 19.2 Å². The molecule has 12 nitrogen and oxygen atoms in total. The van der Waals surface area contributed by atoms with Crippen molar-refractivity contribution in [2.75, 3.05) is 19.7 Å². The van der Waals surface area contributed by atoms with Crippen molar-refractivity contribution in [2.24, 2.45) is 5.73 Å². The smallest absolute Gasteiger partial charge is 0.326 e. The van der Waals surface area contributed by atoms with E-state index in [0.717, 1.165) is 0 Å². The van der Waals surface area contributed by atoms with Crippen molar-refractivity contribution in [3.63, 3.8) is 0 Å². The van der Waals surface area contributed by atoms with Gasteiger partial charge in [0, 0.05) is 6.42 Å². The first kappa shape index (κ1) is 21.3. The van der Waals surface area contributed by atoms with Crippen LogP contribution in [0.25, 0.3) is 0 Å². The van der Waals surface area contributed by atoms with Gasteiger partial charge >= 0.3 is 11.9 Å². The molecule has 24 heavy (non-hydrogen) atoms. The summed E-state index contributed by atoms with van der Waals surface area (Å²) >= 11 is 0. The molecule has 0 saturated carbocycles. The lowest BCUT2D eigenvalue weighted by Gasteiger charge is -2.19. The minimum Gasteiger partial charge on any atom is -0.481 e. The van der Waals surface area contributed by atoms with E-state index in [1.54, 1.807) is 0 Å². The molecular weight excluding hydrogens is 328 g/mol. The number of rotatable bonds is 11. The minimum absolute atomic E-state index is 0.332. The lowest BCUT2D eigenvalue weighted by molar-refractivity contribution is -0.143. The normalized spacial score (nSPS) is 12.6. The van der Waals surface area contributed by atoms with Gasteiger partial charge in [0.1, 0.15) is 12.1 Å². The topological polar surface area (TPSA) is 208 Å². The molecule has 12 heteroatoms. The molecule has 0 fully saturated rings. The number of aliphatic carboxylic acids is 2. The molecule has 0 rings (SSSR count). The Hall–Kier alpha value is -2.73. The van der Waals surface area contributed by atoms with E-state index in [1.165, 1.54) is 0 Å². The number of hydrogen-bond donors (Lipinski definition) is 7. The van der Waals surface area contributed by atoms with E-state index in [2.05, 4.69) is 10.6 Å². The van der Waals surface area contributed by atoms with Gasteiger partial charge in [-0.2, -0.15) is 0 Å². The molecule has 0 saturated heterocycles. The highest BCUT2D eigenvalue weighted by Crippen LogP contribution is 1.99. The molecule has 0 heterocycles. The van der Waals surface area contributed by atoms with Gasteiger partial charge in [-0.1, -0.05) is 0 Å². The van der Waals surface area contributed by atoms with Crippen LogP contribution < -0.4 is 21.7 Å². The Morgan fingerprint density at radius 3 is 2.04 bits per heavy atom. The summed E-state index contributed by atoms with van der Waals surface area (Å²) in [5.41, 5.74) is 5.02. The first-order chi connectivity index (χ1) is 11.2. The van der Waals surface area contributed by atoms with Crippen LogP contribution in [0.1, 0.15) is 12.8 Å². The van der Waals surface area contributed by atoms with Gasteiger partial charge in [0.25, 0.3) is 0 Å². The zero-order valence-electron chi connectivity index (χ0n) is 12.7. The predicted molar refractivity (Wildman–Crippen MR) is 77.5 cm³/mol. The Morgan fingerprint density at radius 1 is 0.958 bits per heavy atom. The van der Waals surface area contributed by atoms with Crippen LogP contribution >= 0.6 is 0 Å². The highest BCUT2D eigenvalue weighted by atomic mass is 16.4. The second kappa shape index (κ2) is 10.9. The molecule has 0 aliphatic heterocycles. The maximum absolute atomic E-state index is 11.9. The van der Waals surface area contributed by atoms with Crippen LogP contribution in [0.2, 0.25) is 0 Å². The van der Waals surface area contributed by atoms with Gasteiger partial charge in [0.2, 0.25) is 17.7 Å². The third-order valence-electron chi connectivity index (χ3n) is 2.73. The largest absolute Gasteiger partial charge is 0.481 e. The average molecular weight is 348 g/mol. The van der Waals surface area contributed by atoms with Crippen LogP contribution in [0.3, 0.4) is 0 Å². The van der Waals surface area contributed by atoms with Crippen molar-refractivity contribution >= 4 is 29.7 Å². The van der Waals surface area contributed by atoms with E-state index in [9.17, 15) is 24.0 Å². The minimum atomic E-state index is -1.49.